The van der Waals surface area contributed by atoms with Gasteiger partial charge >= 0.3 is 0 Å². The Labute approximate surface area is 240 Å². The molecule has 2 aliphatic rings. The Balaban J connectivity index is 1.48. The number of amidine groups is 2. The molecule has 2 aliphatic heterocycles. The smallest absolute Gasteiger partial charge is 0.179 e. The van der Waals surface area contributed by atoms with Crippen LogP contribution in [0.4, 0.5) is 22.9 Å². The third-order valence-electron chi connectivity index (χ3n) is 7.87. The predicted octanol–water partition coefficient (Wildman–Crippen LogP) is 8.41. The van der Waals surface area contributed by atoms with Crippen LogP contribution in [0.2, 0.25) is 0 Å². The number of aromatic nitrogens is 2. The molecule has 0 radical (unpaired) electrons. The van der Waals surface area contributed by atoms with Crippen LogP contribution in [-0.2, 0) is 0 Å². The van der Waals surface area contributed by atoms with Gasteiger partial charge in [-0.25, -0.2) is 14.7 Å². The van der Waals surface area contributed by atoms with E-state index in [0.717, 1.165) is 45.7 Å². The summed E-state index contributed by atoms with van der Waals surface area (Å²) in [6, 6.07) is 35.8. The fourth-order valence-electron chi connectivity index (χ4n) is 5.70. The SMILES string of the molecule is Cc1ccc(NC2=Nc3ccccc3N3C2=Nc2c(c(C)nn2-c2ccccc2)[C@H]3c2ccc(C(C)C)cc2)cc1. The maximum atomic E-state index is 5.33. The van der Waals surface area contributed by atoms with E-state index in [0.29, 0.717) is 11.8 Å². The summed E-state index contributed by atoms with van der Waals surface area (Å²) in [6.45, 7) is 8.64. The topological polar surface area (TPSA) is 57.8 Å². The van der Waals surface area contributed by atoms with Crippen LogP contribution in [0.3, 0.4) is 0 Å². The lowest BCUT2D eigenvalue weighted by atomic mass is 9.91. The Morgan fingerprint density at radius 2 is 1.46 bits per heavy atom. The molecule has 0 unspecified atom stereocenters. The zero-order valence-corrected chi connectivity index (χ0v) is 23.7. The van der Waals surface area contributed by atoms with Crippen LogP contribution < -0.4 is 10.2 Å². The average molecular weight is 537 g/mol. The zero-order chi connectivity index (χ0) is 28.1. The second-order valence-corrected chi connectivity index (χ2v) is 11.0. The van der Waals surface area contributed by atoms with E-state index in [2.05, 4.69) is 117 Å². The lowest BCUT2D eigenvalue weighted by Gasteiger charge is -2.40. The van der Waals surface area contributed by atoms with Gasteiger partial charge in [-0.05, 0) is 67.3 Å². The number of benzene rings is 4. The second kappa shape index (κ2) is 9.89. The van der Waals surface area contributed by atoms with Gasteiger partial charge in [0, 0.05) is 11.3 Å². The fraction of sp³-hybridized carbons (Fsp3) is 0.171. The van der Waals surface area contributed by atoms with Gasteiger partial charge in [0.05, 0.1) is 28.8 Å². The minimum absolute atomic E-state index is 0.136. The monoisotopic (exact) mass is 536 g/mol. The number of fused-ring (bicyclic) bond motifs is 4. The van der Waals surface area contributed by atoms with Crippen molar-refractivity contribution in [3.8, 4) is 5.69 Å². The molecule has 5 aromatic rings. The van der Waals surface area contributed by atoms with Crippen molar-refractivity contribution in [2.24, 2.45) is 9.98 Å². The van der Waals surface area contributed by atoms with Crippen molar-refractivity contribution < 1.29 is 0 Å². The van der Waals surface area contributed by atoms with Crippen LogP contribution in [-0.4, -0.2) is 21.5 Å². The average Bonchev–Trinajstić information content (AvgIpc) is 3.33. The van der Waals surface area contributed by atoms with E-state index >= 15 is 0 Å². The molecule has 6 heteroatoms. The zero-order valence-electron chi connectivity index (χ0n) is 23.7. The number of para-hydroxylation sites is 3. The molecule has 1 aromatic heterocycles. The molecule has 0 spiro atoms. The maximum Gasteiger partial charge on any atom is 0.179 e. The summed E-state index contributed by atoms with van der Waals surface area (Å²) in [6.07, 6.45) is 0. The first-order valence-corrected chi connectivity index (χ1v) is 14.1. The number of aliphatic imine (C=N–C) groups is 2. The van der Waals surface area contributed by atoms with E-state index in [1.165, 1.54) is 16.7 Å². The Kier molecular flexibility index (Phi) is 6.04. The van der Waals surface area contributed by atoms with Gasteiger partial charge in [0.1, 0.15) is 0 Å². The highest BCUT2D eigenvalue weighted by atomic mass is 15.4. The van der Waals surface area contributed by atoms with E-state index in [9.17, 15) is 0 Å². The number of nitrogens with one attached hydrogen (secondary N) is 1. The first-order valence-electron chi connectivity index (χ1n) is 14.1. The van der Waals surface area contributed by atoms with E-state index in [4.69, 9.17) is 15.1 Å². The van der Waals surface area contributed by atoms with Gasteiger partial charge in [0.25, 0.3) is 0 Å². The molecule has 0 bridgehead atoms. The van der Waals surface area contributed by atoms with Gasteiger partial charge in [0.2, 0.25) is 0 Å². The number of hydrogen-bond donors (Lipinski definition) is 1. The molecule has 1 atom stereocenters. The quantitative estimate of drug-likeness (QED) is 0.251. The Morgan fingerprint density at radius 1 is 0.756 bits per heavy atom. The maximum absolute atomic E-state index is 5.33. The minimum Gasteiger partial charge on any atom is -0.337 e. The highest BCUT2D eigenvalue weighted by Crippen LogP contribution is 2.48. The Hall–Kier alpha value is -4.97. The largest absolute Gasteiger partial charge is 0.337 e. The number of hydrogen-bond acceptors (Lipinski definition) is 5. The summed E-state index contributed by atoms with van der Waals surface area (Å²) in [5, 5.41) is 8.63. The molecule has 0 aliphatic carbocycles. The summed E-state index contributed by atoms with van der Waals surface area (Å²) >= 11 is 0. The van der Waals surface area contributed by atoms with Crippen LogP contribution in [0.5, 0.6) is 0 Å². The molecule has 7 rings (SSSR count). The molecule has 0 saturated heterocycles. The lowest BCUT2D eigenvalue weighted by molar-refractivity contribution is 0.810. The molecule has 6 nitrogen and oxygen atoms in total. The highest BCUT2D eigenvalue weighted by molar-refractivity contribution is 6.51. The first-order chi connectivity index (χ1) is 20.0. The lowest BCUT2D eigenvalue weighted by Crippen LogP contribution is -2.46. The van der Waals surface area contributed by atoms with Crippen molar-refractivity contribution >= 4 is 34.6 Å². The van der Waals surface area contributed by atoms with Crippen LogP contribution in [0, 0.1) is 13.8 Å². The molecule has 0 saturated carbocycles. The minimum atomic E-state index is -0.136. The van der Waals surface area contributed by atoms with Gasteiger partial charge < -0.3 is 10.2 Å². The molecule has 202 valence electrons. The van der Waals surface area contributed by atoms with Gasteiger partial charge in [-0.3, -0.25) is 0 Å². The van der Waals surface area contributed by atoms with Crippen LogP contribution in [0.25, 0.3) is 5.69 Å². The summed E-state index contributed by atoms with van der Waals surface area (Å²) in [4.78, 5) is 12.8. The van der Waals surface area contributed by atoms with E-state index in [-0.39, 0.29) is 6.04 Å². The molecule has 0 amide bonds. The number of anilines is 2. The van der Waals surface area contributed by atoms with Crippen LogP contribution in [0.15, 0.2) is 113 Å². The fourth-order valence-corrected chi connectivity index (χ4v) is 5.70. The van der Waals surface area contributed by atoms with E-state index in [1.807, 2.05) is 28.9 Å². The standard InChI is InChI=1S/C35H32N6/c1-22(2)25-16-18-26(19-17-25)32-31-24(4)39-41(28-10-6-5-7-11-28)34(31)38-35-33(36-27-20-14-23(3)15-21-27)37-29-12-8-9-13-30(29)40(32)35/h5-22,32H,1-4H3,(H,36,37)/t32-/m1/s1. The Morgan fingerprint density at radius 3 is 2.20 bits per heavy atom. The molecular formula is C35H32N6. The second-order valence-electron chi connectivity index (χ2n) is 11.0. The van der Waals surface area contributed by atoms with E-state index in [1.54, 1.807) is 0 Å². The van der Waals surface area contributed by atoms with Crippen molar-refractivity contribution in [3.63, 3.8) is 0 Å². The summed E-state index contributed by atoms with van der Waals surface area (Å²) in [7, 11) is 0. The van der Waals surface area contributed by atoms with Crippen molar-refractivity contribution in [1.29, 1.82) is 0 Å². The van der Waals surface area contributed by atoms with Gasteiger partial charge in [-0.2, -0.15) is 5.10 Å². The highest BCUT2D eigenvalue weighted by Gasteiger charge is 2.41. The number of nitrogens with zero attached hydrogens (tertiary/aromatic N) is 5. The molecule has 1 N–H and O–H groups in total. The predicted molar refractivity (Wildman–Crippen MR) is 169 cm³/mol. The van der Waals surface area contributed by atoms with Crippen molar-refractivity contribution in [3.05, 3.63) is 131 Å². The molecule has 0 fully saturated rings. The van der Waals surface area contributed by atoms with Crippen molar-refractivity contribution in [1.82, 2.24) is 9.78 Å². The third-order valence-corrected chi connectivity index (χ3v) is 7.87. The number of aryl methyl sites for hydroxylation is 2. The van der Waals surface area contributed by atoms with Crippen molar-refractivity contribution in [2.75, 3.05) is 10.2 Å². The number of rotatable bonds is 4. The summed E-state index contributed by atoms with van der Waals surface area (Å²) in [5.41, 5.74) is 9.64. The molecule has 41 heavy (non-hydrogen) atoms. The Bertz CT molecular complexity index is 1790. The van der Waals surface area contributed by atoms with Crippen molar-refractivity contribution in [2.45, 2.75) is 39.7 Å². The first kappa shape index (κ1) is 25.0. The third kappa shape index (κ3) is 4.32. The normalized spacial score (nSPS) is 15.5. The van der Waals surface area contributed by atoms with Crippen LogP contribution in [0.1, 0.15) is 53.8 Å². The molecular weight excluding hydrogens is 504 g/mol. The van der Waals surface area contributed by atoms with Gasteiger partial charge in [0.15, 0.2) is 17.5 Å². The van der Waals surface area contributed by atoms with Gasteiger partial charge in [-0.1, -0.05) is 86.1 Å². The summed E-state index contributed by atoms with van der Waals surface area (Å²) in [5.74, 6) is 2.77. The van der Waals surface area contributed by atoms with Crippen LogP contribution >= 0.6 is 0 Å². The van der Waals surface area contributed by atoms with E-state index < -0.39 is 0 Å². The summed E-state index contributed by atoms with van der Waals surface area (Å²) < 4.78 is 1.97. The van der Waals surface area contributed by atoms with Gasteiger partial charge in [-0.15, -0.1) is 0 Å². The molecule has 4 aromatic carbocycles. The molecule has 3 heterocycles.